The van der Waals surface area contributed by atoms with Gasteiger partial charge in [0.2, 0.25) is 5.91 Å². The van der Waals surface area contributed by atoms with E-state index in [0.29, 0.717) is 11.5 Å². The first-order valence-corrected chi connectivity index (χ1v) is 9.97. The molecule has 0 aromatic heterocycles. The Morgan fingerprint density at radius 3 is 2.67 bits per heavy atom. The van der Waals surface area contributed by atoms with Crippen LogP contribution in [0.3, 0.4) is 0 Å². The molecule has 0 saturated heterocycles. The minimum absolute atomic E-state index is 0.0818. The van der Waals surface area contributed by atoms with Gasteiger partial charge in [0.1, 0.15) is 5.75 Å². The molecule has 0 unspecified atom stereocenters. The van der Waals surface area contributed by atoms with Crippen LogP contribution in [0.5, 0.6) is 5.75 Å². The van der Waals surface area contributed by atoms with Crippen molar-refractivity contribution in [2.45, 2.75) is 20.3 Å². The second-order valence-electron chi connectivity index (χ2n) is 5.82. The summed E-state index contributed by atoms with van der Waals surface area (Å²) in [4.78, 5) is 23.9. The van der Waals surface area contributed by atoms with Crippen molar-refractivity contribution < 1.29 is 14.3 Å². The first-order valence-electron chi connectivity index (χ1n) is 8.10. The number of anilines is 1. The number of aryl methyl sites for hydroxylation is 1. The van der Waals surface area contributed by atoms with Gasteiger partial charge in [-0.1, -0.05) is 22.0 Å². The van der Waals surface area contributed by atoms with Gasteiger partial charge in [0.15, 0.2) is 6.61 Å². The van der Waals surface area contributed by atoms with Crippen molar-refractivity contribution in [2.24, 2.45) is 5.10 Å². The number of benzene rings is 2. The maximum atomic E-state index is 12.0. The highest BCUT2D eigenvalue weighted by atomic mass is 127. The molecular weight excluding hydrogens is 525 g/mol. The second kappa shape index (κ2) is 10.4. The SMILES string of the molecule is C/C(CC(=O)Nc1cccc(I)c1)=N/NC(=O)COc1ccc(Br)cc1C. The van der Waals surface area contributed by atoms with E-state index in [0.717, 1.165) is 19.3 Å². The maximum absolute atomic E-state index is 12.0. The molecule has 0 atom stereocenters. The summed E-state index contributed by atoms with van der Waals surface area (Å²) in [6, 6.07) is 13.0. The minimum atomic E-state index is -0.394. The Morgan fingerprint density at radius 1 is 1.19 bits per heavy atom. The van der Waals surface area contributed by atoms with E-state index in [1.807, 2.05) is 43.3 Å². The monoisotopic (exact) mass is 543 g/mol. The topological polar surface area (TPSA) is 79.8 Å². The van der Waals surface area contributed by atoms with Crippen LogP contribution >= 0.6 is 38.5 Å². The molecule has 0 bridgehead atoms. The van der Waals surface area contributed by atoms with E-state index in [4.69, 9.17) is 4.74 Å². The Bertz CT molecular complexity index is 871. The molecule has 27 heavy (non-hydrogen) atoms. The number of carbonyl (C=O) groups is 2. The molecule has 0 aliphatic carbocycles. The summed E-state index contributed by atoms with van der Waals surface area (Å²) >= 11 is 5.55. The van der Waals surface area contributed by atoms with Crippen LogP contribution in [0.4, 0.5) is 5.69 Å². The summed E-state index contributed by atoms with van der Waals surface area (Å²) in [5, 5.41) is 6.73. The molecule has 0 aliphatic heterocycles. The number of hydrogen-bond donors (Lipinski definition) is 2. The molecule has 2 aromatic carbocycles. The number of hydrogen-bond acceptors (Lipinski definition) is 4. The third-order valence-corrected chi connectivity index (χ3v) is 4.56. The number of hydrazone groups is 1. The molecule has 2 amide bonds. The first kappa shape index (κ1) is 21.4. The first-order chi connectivity index (χ1) is 12.8. The highest BCUT2D eigenvalue weighted by molar-refractivity contribution is 14.1. The molecule has 2 rings (SSSR count). The van der Waals surface area contributed by atoms with Gasteiger partial charge in [-0.05, 0) is 78.4 Å². The van der Waals surface area contributed by atoms with E-state index in [1.54, 1.807) is 13.0 Å². The smallest absolute Gasteiger partial charge is 0.277 e. The van der Waals surface area contributed by atoms with Crippen LogP contribution in [0.15, 0.2) is 52.0 Å². The third kappa shape index (κ3) is 7.67. The van der Waals surface area contributed by atoms with Crippen LogP contribution in [0.1, 0.15) is 18.9 Å². The van der Waals surface area contributed by atoms with Gasteiger partial charge in [0.05, 0.1) is 6.42 Å². The van der Waals surface area contributed by atoms with Gasteiger partial charge in [-0.3, -0.25) is 9.59 Å². The molecule has 6 nitrogen and oxygen atoms in total. The fourth-order valence-electron chi connectivity index (χ4n) is 2.15. The average molecular weight is 544 g/mol. The zero-order valence-electron chi connectivity index (χ0n) is 14.9. The van der Waals surface area contributed by atoms with Crippen LogP contribution in [0, 0.1) is 10.5 Å². The van der Waals surface area contributed by atoms with Crippen molar-refractivity contribution >= 4 is 61.7 Å². The summed E-state index contributed by atoms with van der Waals surface area (Å²) in [5.74, 6) is 0.0369. The molecule has 8 heteroatoms. The summed E-state index contributed by atoms with van der Waals surface area (Å²) in [6.45, 7) is 3.41. The standard InChI is InChI=1S/C19H19BrIN3O3/c1-12-8-14(20)6-7-17(12)27-11-19(26)24-23-13(2)9-18(25)22-16-5-3-4-15(21)10-16/h3-8,10H,9,11H2,1-2H3,(H,22,25)(H,24,26)/b23-13-. The van der Waals surface area contributed by atoms with Gasteiger partial charge in [0, 0.05) is 19.4 Å². The number of rotatable bonds is 7. The van der Waals surface area contributed by atoms with E-state index in [-0.39, 0.29) is 18.9 Å². The van der Waals surface area contributed by atoms with Crippen molar-refractivity contribution in [1.29, 1.82) is 0 Å². The molecule has 0 saturated carbocycles. The number of nitrogens with one attached hydrogen (secondary N) is 2. The van der Waals surface area contributed by atoms with E-state index >= 15 is 0 Å². The summed E-state index contributed by atoms with van der Waals surface area (Å²) in [7, 11) is 0. The average Bonchev–Trinajstić information content (AvgIpc) is 2.59. The summed E-state index contributed by atoms with van der Waals surface area (Å²) in [6.07, 6.45) is 0.0818. The predicted octanol–water partition coefficient (Wildman–Crippen LogP) is 4.26. The largest absolute Gasteiger partial charge is 0.483 e. The zero-order valence-corrected chi connectivity index (χ0v) is 18.6. The quantitative estimate of drug-likeness (QED) is 0.311. The molecule has 2 aromatic rings. The number of carbonyl (C=O) groups excluding carboxylic acids is 2. The van der Waals surface area contributed by atoms with Crippen LogP contribution in [-0.2, 0) is 9.59 Å². The Morgan fingerprint density at radius 2 is 1.96 bits per heavy atom. The molecule has 0 heterocycles. The van der Waals surface area contributed by atoms with Gasteiger partial charge in [-0.25, -0.2) is 5.43 Å². The lowest BCUT2D eigenvalue weighted by atomic mass is 10.2. The normalized spacial score (nSPS) is 11.0. The van der Waals surface area contributed by atoms with Gasteiger partial charge in [-0.2, -0.15) is 5.10 Å². The van der Waals surface area contributed by atoms with E-state index in [2.05, 4.69) is 54.4 Å². The predicted molar refractivity (Wildman–Crippen MR) is 118 cm³/mol. The van der Waals surface area contributed by atoms with Crippen molar-refractivity contribution in [3.05, 3.63) is 56.1 Å². The highest BCUT2D eigenvalue weighted by Crippen LogP contribution is 2.21. The van der Waals surface area contributed by atoms with Gasteiger partial charge in [0.25, 0.3) is 5.91 Å². The Kier molecular flexibility index (Phi) is 8.23. The number of amides is 2. The molecule has 142 valence electrons. The van der Waals surface area contributed by atoms with Gasteiger partial charge >= 0.3 is 0 Å². The van der Waals surface area contributed by atoms with E-state index < -0.39 is 5.91 Å². The molecule has 0 aliphatic rings. The fraction of sp³-hybridized carbons (Fsp3) is 0.211. The lowest BCUT2D eigenvalue weighted by molar-refractivity contribution is -0.123. The molecule has 0 fully saturated rings. The highest BCUT2D eigenvalue weighted by Gasteiger charge is 2.07. The second-order valence-corrected chi connectivity index (χ2v) is 7.98. The summed E-state index contributed by atoms with van der Waals surface area (Å²) < 4.78 is 7.45. The third-order valence-electron chi connectivity index (χ3n) is 3.39. The van der Waals surface area contributed by atoms with Crippen LogP contribution in [0.2, 0.25) is 0 Å². The van der Waals surface area contributed by atoms with Gasteiger partial charge in [-0.15, -0.1) is 0 Å². The number of nitrogens with zero attached hydrogens (tertiary/aromatic N) is 1. The zero-order chi connectivity index (χ0) is 19.8. The fourth-order valence-corrected chi connectivity index (χ4v) is 3.17. The Labute approximate surface area is 180 Å². The molecular formula is C19H19BrIN3O3. The summed E-state index contributed by atoms with van der Waals surface area (Å²) in [5.41, 5.74) is 4.53. The molecule has 2 N–H and O–H groups in total. The van der Waals surface area contributed by atoms with Crippen LogP contribution < -0.4 is 15.5 Å². The van der Waals surface area contributed by atoms with Gasteiger partial charge < -0.3 is 10.1 Å². The van der Waals surface area contributed by atoms with E-state index in [1.165, 1.54) is 0 Å². The lowest BCUT2D eigenvalue weighted by Crippen LogP contribution is -2.26. The minimum Gasteiger partial charge on any atom is -0.483 e. The van der Waals surface area contributed by atoms with Crippen molar-refractivity contribution in [3.63, 3.8) is 0 Å². The Hall–Kier alpha value is -1.94. The van der Waals surface area contributed by atoms with Crippen molar-refractivity contribution in [1.82, 2.24) is 5.43 Å². The number of halogens is 2. The van der Waals surface area contributed by atoms with Crippen LogP contribution in [0.25, 0.3) is 0 Å². The van der Waals surface area contributed by atoms with Crippen molar-refractivity contribution in [2.75, 3.05) is 11.9 Å². The maximum Gasteiger partial charge on any atom is 0.277 e. The van der Waals surface area contributed by atoms with Crippen molar-refractivity contribution in [3.8, 4) is 5.75 Å². The molecule has 0 radical (unpaired) electrons. The van der Waals surface area contributed by atoms with Crippen LogP contribution in [-0.4, -0.2) is 24.1 Å². The Balaban J connectivity index is 1.78. The molecule has 0 spiro atoms. The lowest BCUT2D eigenvalue weighted by Gasteiger charge is -2.09. The number of ether oxygens (including phenoxy) is 1. The van der Waals surface area contributed by atoms with E-state index in [9.17, 15) is 9.59 Å².